The lowest BCUT2D eigenvalue weighted by Gasteiger charge is -2.39. The topological polar surface area (TPSA) is 131 Å². The van der Waals surface area contributed by atoms with Gasteiger partial charge in [-0.2, -0.15) is 13.2 Å². The number of hydrogen-bond donors (Lipinski definition) is 3. The lowest BCUT2D eigenvalue weighted by Crippen LogP contribution is -2.53. The molecular weight excluding hydrogens is 561 g/mol. The second-order valence-corrected chi connectivity index (χ2v) is 11.2. The smallest absolute Gasteiger partial charge is 0.382 e. The van der Waals surface area contributed by atoms with E-state index in [0.29, 0.717) is 23.3 Å². The van der Waals surface area contributed by atoms with Gasteiger partial charge in [-0.25, -0.2) is 15.0 Å². The number of nitrogen functional groups attached to an aromatic ring is 1. The van der Waals surface area contributed by atoms with Crippen LogP contribution >= 0.6 is 0 Å². The fourth-order valence-corrected chi connectivity index (χ4v) is 5.79. The molecule has 0 spiro atoms. The van der Waals surface area contributed by atoms with Crippen molar-refractivity contribution in [1.29, 1.82) is 0 Å². The molecule has 4 heterocycles. The van der Waals surface area contributed by atoms with Crippen LogP contribution in [0.4, 0.5) is 24.8 Å². The molecule has 4 N–H and O–H groups in total. The number of pyridine rings is 1. The quantitative estimate of drug-likeness (QED) is 0.301. The number of fused-ring (bicyclic) bond motifs is 1. The number of piperidine rings is 1. The van der Waals surface area contributed by atoms with E-state index in [2.05, 4.69) is 27.5 Å². The molecule has 3 aromatic heterocycles. The van der Waals surface area contributed by atoms with Crippen LogP contribution in [0.3, 0.4) is 0 Å². The number of carbonyl (C=O) groups is 2. The molecule has 13 heteroatoms. The molecule has 2 atom stereocenters. The number of halogens is 3. The molecule has 1 aliphatic carbocycles. The first-order chi connectivity index (χ1) is 20.5. The van der Waals surface area contributed by atoms with Crippen molar-refractivity contribution in [2.75, 3.05) is 24.6 Å². The van der Waals surface area contributed by atoms with Crippen LogP contribution in [0, 0.1) is 0 Å². The van der Waals surface area contributed by atoms with E-state index in [1.165, 1.54) is 0 Å². The summed E-state index contributed by atoms with van der Waals surface area (Å²) >= 11 is 0. The Morgan fingerprint density at radius 1 is 1.07 bits per heavy atom. The Balaban J connectivity index is 1.27. The highest BCUT2D eigenvalue weighted by Crippen LogP contribution is 2.41. The maximum absolute atomic E-state index is 13.4. The maximum atomic E-state index is 13.4. The predicted octanol–water partition coefficient (Wildman–Crippen LogP) is 4.49. The summed E-state index contributed by atoms with van der Waals surface area (Å²) in [5.41, 5.74) is 7.07. The number of alkyl halides is 3. The van der Waals surface area contributed by atoms with E-state index in [1.54, 1.807) is 30.5 Å². The molecule has 6 rings (SSSR count). The average molecular weight is 593 g/mol. The molecular formula is C30H31F3N8O2. The highest BCUT2D eigenvalue weighted by Gasteiger charge is 2.52. The van der Waals surface area contributed by atoms with Crippen LogP contribution in [0.15, 0.2) is 55.0 Å². The molecule has 2 fully saturated rings. The van der Waals surface area contributed by atoms with Gasteiger partial charge in [0.1, 0.15) is 28.7 Å². The normalized spacial score (nSPS) is 19.8. The lowest BCUT2D eigenvalue weighted by atomic mass is 9.92. The van der Waals surface area contributed by atoms with E-state index in [9.17, 15) is 22.8 Å². The molecule has 10 nitrogen and oxygen atoms in total. The van der Waals surface area contributed by atoms with E-state index in [0.717, 1.165) is 49.8 Å². The Morgan fingerprint density at radius 3 is 2.49 bits per heavy atom. The van der Waals surface area contributed by atoms with E-state index in [4.69, 9.17) is 10.7 Å². The van der Waals surface area contributed by atoms with Crippen molar-refractivity contribution in [3.8, 4) is 11.3 Å². The first-order valence-electron chi connectivity index (χ1n) is 14.1. The number of nitrogens with one attached hydrogen (secondary N) is 2. The highest BCUT2D eigenvalue weighted by molar-refractivity contribution is 6.04. The summed E-state index contributed by atoms with van der Waals surface area (Å²) < 4.78 is 41.1. The molecule has 2 amide bonds. The van der Waals surface area contributed by atoms with Crippen LogP contribution in [0.25, 0.3) is 16.8 Å². The predicted molar refractivity (Wildman–Crippen MR) is 154 cm³/mol. The van der Waals surface area contributed by atoms with Crippen LogP contribution in [-0.4, -0.2) is 61.2 Å². The number of benzene rings is 1. The van der Waals surface area contributed by atoms with Crippen molar-refractivity contribution in [1.82, 2.24) is 29.6 Å². The number of carbonyl (C=O) groups excluding carboxylic acids is 2. The first kappa shape index (κ1) is 28.6. The molecule has 2 aliphatic rings. The van der Waals surface area contributed by atoms with Gasteiger partial charge in [-0.3, -0.25) is 14.0 Å². The molecule has 0 bridgehead atoms. The van der Waals surface area contributed by atoms with Crippen molar-refractivity contribution >= 4 is 29.0 Å². The maximum Gasteiger partial charge on any atom is 0.416 e. The Bertz CT molecular complexity index is 1700. The molecule has 1 aliphatic heterocycles. The largest absolute Gasteiger partial charge is 0.416 e. The first-order valence-corrected chi connectivity index (χ1v) is 14.1. The van der Waals surface area contributed by atoms with Crippen LogP contribution in [0.2, 0.25) is 0 Å². The van der Waals surface area contributed by atoms with Gasteiger partial charge in [0, 0.05) is 48.2 Å². The third-order valence-corrected chi connectivity index (χ3v) is 8.51. The number of likely N-dealkylation sites (N-methyl/N-ethyl adjacent to an activating group) is 1. The van der Waals surface area contributed by atoms with Gasteiger partial charge in [0.25, 0.3) is 5.91 Å². The van der Waals surface area contributed by atoms with E-state index < -0.39 is 23.2 Å². The third kappa shape index (κ3) is 5.29. The number of nitrogens with zero attached hydrogens (tertiary/aromatic N) is 5. The summed E-state index contributed by atoms with van der Waals surface area (Å²) in [6.07, 6.45) is 3.21. The fraction of sp³-hybridized carbons (Fsp3) is 0.367. The van der Waals surface area contributed by atoms with Crippen LogP contribution < -0.4 is 16.4 Å². The zero-order chi connectivity index (χ0) is 30.5. The molecule has 4 aromatic rings. The highest BCUT2D eigenvalue weighted by atomic mass is 19.4. The number of imidazole rings is 1. The van der Waals surface area contributed by atoms with Crippen LogP contribution in [0.1, 0.15) is 60.3 Å². The monoisotopic (exact) mass is 592 g/mol. The summed E-state index contributed by atoms with van der Waals surface area (Å²) in [6, 6.07) is 8.27. The van der Waals surface area contributed by atoms with Crippen LogP contribution in [0.5, 0.6) is 0 Å². The van der Waals surface area contributed by atoms with Gasteiger partial charge < -0.3 is 21.3 Å². The van der Waals surface area contributed by atoms with Gasteiger partial charge in [-0.05, 0) is 63.9 Å². The number of hydrogen-bond acceptors (Lipinski definition) is 7. The minimum atomic E-state index is -4.55. The minimum Gasteiger partial charge on any atom is -0.382 e. The summed E-state index contributed by atoms with van der Waals surface area (Å²) in [5, 5.41) is 5.62. The van der Waals surface area contributed by atoms with E-state index in [-0.39, 0.29) is 35.1 Å². The van der Waals surface area contributed by atoms with Crippen molar-refractivity contribution in [2.45, 2.75) is 56.3 Å². The second kappa shape index (κ2) is 10.6. The van der Waals surface area contributed by atoms with Gasteiger partial charge in [-0.1, -0.05) is 12.1 Å². The number of aromatic nitrogens is 4. The van der Waals surface area contributed by atoms with Crippen molar-refractivity contribution in [3.05, 3.63) is 71.9 Å². The Labute approximate surface area is 245 Å². The van der Waals surface area contributed by atoms with Crippen LogP contribution in [-0.2, 0) is 11.0 Å². The molecule has 1 aromatic carbocycles. The van der Waals surface area contributed by atoms with Crippen molar-refractivity contribution < 1.29 is 22.8 Å². The average Bonchev–Trinajstić information content (AvgIpc) is 3.70. The zero-order valence-corrected chi connectivity index (χ0v) is 23.7. The molecule has 43 heavy (non-hydrogen) atoms. The zero-order valence-electron chi connectivity index (χ0n) is 23.7. The summed E-state index contributed by atoms with van der Waals surface area (Å²) in [4.78, 5) is 41.3. The second-order valence-electron chi connectivity index (χ2n) is 11.2. The summed E-state index contributed by atoms with van der Waals surface area (Å²) in [6.45, 7) is 2.62. The minimum absolute atomic E-state index is 0.0270. The third-order valence-electron chi connectivity index (χ3n) is 8.51. The Kier molecular flexibility index (Phi) is 7.07. The molecule has 224 valence electrons. The van der Waals surface area contributed by atoms with Gasteiger partial charge in [0.15, 0.2) is 0 Å². The molecule has 0 radical (unpaired) electrons. The number of amides is 2. The summed E-state index contributed by atoms with van der Waals surface area (Å²) in [7, 11) is 1.83. The Hall–Kier alpha value is -4.52. The van der Waals surface area contributed by atoms with Gasteiger partial charge >= 0.3 is 6.18 Å². The van der Waals surface area contributed by atoms with E-state index >= 15 is 0 Å². The van der Waals surface area contributed by atoms with Gasteiger partial charge in [0.05, 0.1) is 11.1 Å². The van der Waals surface area contributed by atoms with Crippen molar-refractivity contribution in [2.24, 2.45) is 0 Å². The van der Waals surface area contributed by atoms with Gasteiger partial charge in [0.2, 0.25) is 5.91 Å². The summed E-state index contributed by atoms with van der Waals surface area (Å²) in [5.74, 6) is 0.355. The SMILES string of the molecule is CNC1(C(=O)N2C[C@H](c3nc(-c4ccc(C(=O)Nc5cc(C(F)(F)F)ccn5)cc4)c4c(N)nccn34)CC[C@H]2C)CC1. The van der Waals surface area contributed by atoms with Crippen molar-refractivity contribution in [3.63, 3.8) is 0 Å². The van der Waals surface area contributed by atoms with Gasteiger partial charge in [-0.15, -0.1) is 0 Å². The number of rotatable bonds is 6. The molecule has 1 saturated heterocycles. The lowest BCUT2D eigenvalue weighted by molar-refractivity contribution is -0.138. The molecule has 1 saturated carbocycles. The molecule has 0 unspecified atom stereocenters. The number of nitrogens with two attached hydrogens (primary N) is 1. The fourth-order valence-electron chi connectivity index (χ4n) is 5.79. The van der Waals surface area contributed by atoms with E-state index in [1.807, 2.05) is 22.5 Å². The number of anilines is 2. The Morgan fingerprint density at radius 2 is 1.81 bits per heavy atom. The number of likely N-dealkylation sites (tertiary alicyclic amines) is 1. The standard InChI is InChI=1S/C30H31F3N8O2/c1-17-3-4-20(16-41(17)28(43)29(35-2)10-11-29)26-39-23(24-25(34)37-13-14-40(24)26)18-5-7-19(8-6-18)27(42)38-22-15-21(9-12-36-22)30(31,32)33/h5-9,12-15,17,20,35H,3-4,10-11,16H2,1-2H3,(H2,34,37)(H,36,38,42)/t17-,20-/m1/s1.